The topological polar surface area (TPSA) is 278 Å². The standard InChI is InChI=1S/C31H41F2N9O13P2S/c1-2-3-4-5-6-7-8-48-31(44)50-16-58-57(47)52-10-18-23(20(33)29(54-18)41-13-39-21-25(34)35-11-36-26(21)41)49-15-56(45,46)51-9-17-19(32)24(55-57)30(53-17)42-14-40-22-27(42)37-12-38-28(22)43/h11-14,17-20,23-24,29-30H,2-10,15-16H2,1H3,(H,45,46)(H2,34,35,36)(H,37,38,43)/t17-,18-,19-,20-,23-,24-,29-,30-,57?/m1/s1. The van der Waals surface area contributed by atoms with E-state index in [1.54, 1.807) is 0 Å². The van der Waals surface area contributed by atoms with Gasteiger partial charge in [-0.15, -0.1) is 0 Å². The normalized spacial score (nSPS) is 31.9. The molecule has 2 unspecified atom stereocenters. The Balaban J connectivity index is 1.15. The largest absolute Gasteiger partial charge is 0.509 e. The first kappa shape index (κ1) is 42.5. The number of carbonyl (C=O) groups is 1. The first-order chi connectivity index (χ1) is 27.9. The van der Waals surface area contributed by atoms with E-state index in [4.69, 9.17) is 43.0 Å². The van der Waals surface area contributed by atoms with Gasteiger partial charge >= 0.3 is 20.5 Å². The third-order valence-corrected chi connectivity index (χ3v) is 13.8. The van der Waals surface area contributed by atoms with Crippen LogP contribution < -0.4 is 11.3 Å². The van der Waals surface area contributed by atoms with Crippen LogP contribution in [0.2, 0.25) is 0 Å². The summed E-state index contributed by atoms with van der Waals surface area (Å²) in [7, 11) is -4.74. The summed E-state index contributed by atoms with van der Waals surface area (Å²) in [5.74, 6) is -0.666. The van der Waals surface area contributed by atoms with Crippen LogP contribution in [0.25, 0.3) is 22.3 Å². The highest BCUT2D eigenvalue weighted by Gasteiger charge is 2.54. The first-order valence-electron chi connectivity index (χ1n) is 18.3. The Kier molecular flexibility index (Phi) is 13.4. The van der Waals surface area contributed by atoms with Gasteiger partial charge in [0.25, 0.3) is 5.56 Å². The molecule has 2 bridgehead atoms. The van der Waals surface area contributed by atoms with E-state index < -0.39 is 101 Å². The van der Waals surface area contributed by atoms with E-state index in [0.29, 0.717) is 17.8 Å². The fourth-order valence-corrected chi connectivity index (χ4v) is 10.1. The van der Waals surface area contributed by atoms with Gasteiger partial charge in [-0.25, -0.2) is 43.1 Å². The Morgan fingerprint density at radius 2 is 1.64 bits per heavy atom. The molecule has 7 heterocycles. The van der Waals surface area contributed by atoms with Crippen molar-refractivity contribution in [1.82, 2.24) is 39.0 Å². The third-order valence-electron chi connectivity index (χ3n) is 9.46. The minimum absolute atomic E-state index is 0.00590. The Labute approximate surface area is 331 Å². The molecule has 0 aliphatic carbocycles. The van der Waals surface area contributed by atoms with E-state index in [0.717, 1.165) is 55.7 Å². The molecule has 4 aromatic heterocycles. The van der Waals surface area contributed by atoms with Gasteiger partial charge in [0.05, 0.1) is 38.8 Å². The fraction of sp³-hybridized carbons (Fsp3) is 0.645. The molecule has 4 N–H and O–H groups in total. The van der Waals surface area contributed by atoms with Crippen LogP contribution in [0, 0.1) is 0 Å². The highest BCUT2D eigenvalue weighted by atomic mass is 32.7. The second-order valence-electron chi connectivity index (χ2n) is 13.4. The maximum Gasteiger partial charge on any atom is 0.509 e. The predicted molar refractivity (Wildman–Crippen MR) is 198 cm³/mol. The van der Waals surface area contributed by atoms with Crippen LogP contribution in [0.3, 0.4) is 0 Å². The van der Waals surface area contributed by atoms with Crippen molar-refractivity contribution >= 4 is 60.1 Å². The average molecular weight is 880 g/mol. The maximum atomic E-state index is 16.4. The third kappa shape index (κ3) is 9.38. The summed E-state index contributed by atoms with van der Waals surface area (Å²) in [6.07, 6.45) is -5.98. The van der Waals surface area contributed by atoms with Crippen molar-refractivity contribution in [1.29, 1.82) is 0 Å². The summed E-state index contributed by atoms with van der Waals surface area (Å²) >= 11 is 0.341. The Morgan fingerprint density at radius 1 is 0.931 bits per heavy atom. The summed E-state index contributed by atoms with van der Waals surface area (Å²) in [6.45, 7) is -4.18. The molecule has 58 heavy (non-hydrogen) atoms. The molecule has 4 aromatic rings. The number of H-pyrrole nitrogens is 1. The number of aromatic amines is 1. The highest BCUT2D eigenvalue weighted by molar-refractivity contribution is 8.55. The quantitative estimate of drug-likeness (QED) is 0.0774. The number of hydrogen-bond donors (Lipinski definition) is 3. The highest BCUT2D eigenvalue weighted by Crippen LogP contribution is 2.64. The van der Waals surface area contributed by atoms with Crippen LogP contribution in [0.15, 0.2) is 30.1 Å². The zero-order valence-electron chi connectivity index (χ0n) is 30.8. The molecule has 0 spiro atoms. The number of unbranched alkanes of at least 4 members (excludes halogenated alkanes) is 5. The van der Waals surface area contributed by atoms with Crippen molar-refractivity contribution < 1.29 is 64.9 Å². The molecule has 7 rings (SSSR count). The molecule has 3 aliphatic rings. The minimum Gasteiger partial charge on any atom is -0.434 e. The summed E-state index contributed by atoms with van der Waals surface area (Å²) in [5, 5.41) is 0. The average Bonchev–Trinajstić information content (AvgIpc) is 3.96. The number of nitrogen functional groups attached to an aromatic ring is 1. The van der Waals surface area contributed by atoms with E-state index in [1.165, 1.54) is 10.9 Å². The van der Waals surface area contributed by atoms with Crippen molar-refractivity contribution in [2.24, 2.45) is 0 Å². The van der Waals surface area contributed by atoms with Crippen molar-refractivity contribution in [3.05, 3.63) is 35.7 Å². The number of rotatable bonds is 12. The number of nitrogens with two attached hydrogens (primary N) is 1. The number of halogens is 2. The predicted octanol–water partition coefficient (Wildman–Crippen LogP) is 4.29. The second kappa shape index (κ2) is 18.3. The number of hydrogen-bond acceptors (Lipinski definition) is 19. The zero-order valence-corrected chi connectivity index (χ0v) is 33.4. The number of nitrogens with one attached hydrogen (secondary N) is 1. The molecule has 0 radical (unpaired) electrons. The minimum atomic E-state index is -4.74. The van der Waals surface area contributed by atoms with Gasteiger partial charge in [0, 0.05) is 11.4 Å². The van der Waals surface area contributed by atoms with Gasteiger partial charge in [-0.3, -0.25) is 27.5 Å². The van der Waals surface area contributed by atoms with Crippen molar-refractivity contribution in [3.63, 3.8) is 0 Å². The Bertz CT molecular complexity index is 2220. The zero-order chi connectivity index (χ0) is 41.0. The van der Waals surface area contributed by atoms with Crippen LogP contribution >= 0.6 is 25.8 Å². The van der Waals surface area contributed by atoms with Crippen LogP contribution in [0.1, 0.15) is 57.9 Å². The SMILES string of the molecule is CCCCCCCCOC(=O)OCSP1(=O)OC[C@H]2O[C@@H](n3cnc4c(N)ncnc43)[C@H](F)[C@@H]2OCP(=O)(O)OC[C@H]2O[C@@H](n3cnc4c(=O)[nH]cnc43)[C@H](O1)[C@@H]2F. The van der Waals surface area contributed by atoms with Crippen LogP contribution in [-0.4, -0.2) is 119 Å². The lowest BCUT2D eigenvalue weighted by Crippen LogP contribution is -2.36. The van der Waals surface area contributed by atoms with Crippen molar-refractivity contribution in [2.75, 3.05) is 37.8 Å². The molecule has 318 valence electrons. The van der Waals surface area contributed by atoms with E-state index in [9.17, 15) is 23.6 Å². The number of imidazole rings is 2. The lowest BCUT2D eigenvalue weighted by Gasteiger charge is -2.27. The van der Waals surface area contributed by atoms with E-state index >= 15 is 8.78 Å². The van der Waals surface area contributed by atoms with Gasteiger partial charge in [-0.1, -0.05) is 39.0 Å². The second-order valence-corrected chi connectivity index (χ2v) is 19.2. The summed E-state index contributed by atoms with van der Waals surface area (Å²) in [6, 6.07) is 0. The molecule has 10 atom stereocenters. The van der Waals surface area contributed by atoms with Gasteiger partial charge < -0.3 is 43.8 Å². The lowest BCUT2D eigenvalue weighted by atomic mass is 10.1. The monoisotopic (exact) mass is 879 g/mol. The van der Waals surface area contributed by atoms with E-state index in [-0.39, 0.29) is 34.8 Å². The molecule has 3 saturated heterocycles. The molecule has 3 aliphatic heterocycles. The summed E-state index contributed by atoms with van der Waals surface area (Å²) in [5.41, 5.74) is 5.28. The van der Waals surface area contributed by atoms with Gasteiger partial charge in [0.2, 0.25) is 0 Å². The fourth-order valence-electron chi connectivity index (χ4n) is 6.56. The van der Waals surface area contributed by atoms with Crippen LogP contribution in [0.4, 0.5) is 19.4 Å². The first-order valence-corrected chi connectivity index (χ1v) is 23.1. The number of carbonyl (C=O) groups excluding carboxylic acids is 1. The maximum absolute atomic E-state index is 16.4. The Morgan fingerprint density at radius 3 is 2.45 bits per heavy atom. The molecule has 27 heteroatoms. The Hall–Kier alpha value is -3.64. The molecular weight excluding hydrogens is 838 g/mol. The van der Waals surface area contributed by atoms with Gasteiger partial charge in [-0.05, 0) is 6.42 Å². The van der Waals surface area contributed by atoms with Gasteiger partial charge in [-0.2, -0.15) is 0 Å². The van der Waals surface area contributed by atoms with Crippen molar-refractivity contribution in [3.8, 4) is 0 Å². The number of nitrogens with zero attached hydrogens (tertiary/aromatic N) is 7. The number of alkyl halides is 2. The summed E-state index contributed by atoms with van der Waals surface area (Å²) in [4.78, 5) is 58.2. The van der Waals surface area contributed by atoms with Crippen LogP contribution in [-0.2, 0) is 46.4 Å². The smallest absolute Gasteiger partial charge is 0.434 e. The number of ether oxygens (including phenoxy) is 5. The van der Waals surface area contributed by atoms with E-state index in [1.807, 2.05) is 0 Å². The van der Waals surface area contributed by atoms with E-state index in [2.05, 4.69) is 36.8 Å². The molecular formula is C31H41F2N9O13P2S. The number of fused-ring (bicyclic) bond motifs is 5. The van der Waals surface area contributed by atoms with Gasteiger partial charge in [0.15, 0.2) is 53.4 Å². The molecule has 3 fully saturated rings. The van der Waals surface area contributed by atoms with Gasteiger partial charge in [0.1, 0.15) is 42.6 Å². The number of aromatic nitrogens is 8. The van der Waals surface area contributed by atoms with Crippen LogP contribution in [0.5, 0.6) is 0 Å². The number of anilines is 1. The van der Waals surface area contributed by atoms with Crippen molar-refractivity contribution in [2.45, 2.75) is 94.7 Å². The molecule has 0 aromatic carbocycles. The molecule has 0 saturated carbocycles. The molecule has 22 nitrogen and oxygen atoms in total. The molecule has 0 amide bonds. The summed E-state index contributed by atoms with van der Waals surface area (Å²) < 4.78 is 108. The lowest BCUT2D eigenvalue weighted by molar-refractivity contribution is -0.0551.